The number of carbonyl (C=O) groups excluding carboxylic acids is 1. The molecule has 33 heavy (non-hydrogen) atoms. The molecule has 0 aliphatic rings. The number of nitrogens with one attached hydrogen (secondary N) is 2. The van der Waals surface area contributed by atoms with Crippen LogP contribution in [0.3, 0.4) is 0 Å². The number of H-pyrrole nitrogens is 1. The van der Waals surface area contributed by atoms with Crippen molar-refractivity contribution < 1.29 is 13.2 Å². The predicted molar refractivity (Wildman–Crippen MR) is 126 cm³/mol. The van der Waals surface area contributed by atoms with Gasteiger partial charge in [-0.25, -0.2) is 23.2 Å². The average Bonchev–Trinajstić information content (AvgIpc) is 3.18. The molecule has 4 N–H and O–H groups in total. The van der Waals surface area contributed by atoms with E-state index in [-0.39, 0.29) is 32.7 Å². The predicted octanol–water partition coefficient (Wildman–Crippen LogP) is 2.10. The van der Waals surface area contributed by atoms with Crippen LogP contribution in [0.4, 0.5) is 5.69 Å². The topological polar surface area (TPSA) is 153 Å². The third kappa shape index (κ3) is 4.97. The van der Waals surface area contributed by atoms with Crippen LogP contribution in [0.25, 0.3) is 16.7 Å². The van der Waals surface area contributed by atoms with Crippen LogP contribution in [-0.2, 0) is 14.8 Å². The number of fused-ring (bicyclic) bond motifs is 1. The van der Waals surface area contributed by atoms with Gasteiger partial charge in [-0.2, -0.15) is 5.10 Å². The summed E-state index contributed by atoms with van der Waals surface area (Å²) in [5, 5.41) is 12.7. The highest BCUT2D eigenvalue weighted by atomic mass is 32.2. The number of anilines is 1. The van der Waals surface area contributed by atoms with Crippen LogP contribution in [0.1, 0.15) is 11.1 Å². The summed E-state index contributed by atoms with van der Waals surface area (Å²) in [6.45, 7) is 3.89. The van der Waals surface area contributed by atoms with Gasteiger partial charge in [-0.3, -0.25) is 9.59 Å². The summed E-state index contributed by atoms with van der Waals surface area (Å²) in [6.07, 6.45) is 1.37. The number of hydrogen-bond donors (Lipinski definition) is 3. The minimum Gasteiger partial charge on any atom is -0.325 e. The van der Waals surface area contributed by atoms with Crippen LogP contribution >= 0.6 is 11.8 Å². The molecule has 0 bridgehead atoms. The van der Waals surface area contributed by atoms with Crippen LogP contribution < -0.4 is 16.0 Å². The summed E-state index contributed by atoms with van der Waals surface area (Å²) in [5.41, 5.74) is 3.16. The van der Waals surface area contributed by atoms with Gasteiger partial charge in [-0.05, 0) is 49.7 Å². The number of aromatic amines is 1. The molecule has 2 aromatic heterocycles. The van der Waals surface area contributed by atoms with Crippen molar-refractivity contribution in [2.45, 2.75) is 23.9 Å². The van der Waals surface area contributed by atoms with Crippen LogP contribution in [0.5, 0.6) is 0 Å². The lowest BCUT2D eigenvalue weighted by Crippen LogP contribution is -2.16. The Morgan fingerprint density at radius 3 is 2.58 bits per heavy atom. The van der Waals surface area contributed by atoms with Crippen molar-refractivity contribution in [3.8, 4) is 5.69 Å². The summed E-state index contributed by atoms with van der Waals surface area (Å²) in [5.74, 6) is -0.194. The van der Waals surface area contributed by atoms with Crippen molar-refractivity contribution in [2.24, 2.45) is 5.14 Å². The zero-order chi connectivity index (χ0) is 23.8. The number of aromatic nitrogens is 4. The van der Waals surface area contributed by atoms with Gasteiger partial charge in [-0.15, -0.1) is 0 Å². The molecule has 170 valence electrons. The third-order valence-electron chi connectivity index (χ3n) is 4.82. The summed E-state index contributed by atoms with van der Waals surface area (Å²) >= 11 is 1.08. The van der Waals surface area contributed by atoms with Crippen LogP contribution in [0, 0.1) is 13.8 Å². The van der Waals surface area contributed by atoms with Crippen molar-refractivity contribution in [1.82, 2.24) is 19.7 Å². The minimum atomic E-state index is -3.83. The summed E-state index contributed by atoms with van der Waals surface area (Å²) < 4.78 is 24.4. The molecule has 0 atom stereocenters. The number of primary sulfonamides is 1. The summed E-state index contributed by atoms with van der Waals surface area (Å²) in [4.78, 5) is 31.9. The first-order valence-corrected chi connectivity index (χ1v) is 12.3. The Morgan fingerprint density at radius 1 is 1.18 bits per heavy atom. The molecule has 4 aromatic rings. The highest BCUT2D eigenvalue weighted by molar-refractivity contribution is 7.99. The minimum absolute atomic E-state index is 0.0406. The molecule has 0 unspecified atom stereocenters. The van der Waals surface area contributed by atoms with Crippen molar-refractivity contribution in [3.05, 3.63) is 70.1 Å². The zero-order valence-corrected chi connectivity index (χ0v) is 19.3. The van der Waals surface area contributed by atoms with Crippen LogP contribution in [0.2, 0.25) is 0 Å². The second-order valence-electron chi connectivity index (χ2n) is 7.36. The van der Waals surface area contributed by atoms with E-state index in [9.17, 15) is 18.0 Å². The molecule has 0 fully saturated rings. The van der Waals surface area contributed by atoms with Gasteiger partial charge >= 0.3 is 0 Å². The second-order valence-corrected chi connectivity index (χ2v) is 9.88. The van der Waals surface area contributed by atoms with Gasteiger partial charge in [0.25, 0.3) is 5.56 Å². The molecular weight excluding hydrogens is 464 g/mol. The monoisotopic (exact) mass is 484 g/mol. The molecule has 0 spiro atoms. The fraction of sp³-hybridized carbons (Fsp3) is 0.143. The van der Waals surface area contributed by atoms with E-state index in [0.29, 0.717) is 5.69 Å². The SMILES string of the molecule is Cc1ccc(NC(=O)CSc2nc3c(cnn3-c3ccc(S(N)(=O)=O)cc3)c(=O)[nH]2)c(C)c1. The number of rotatable bonds is 6. The van der Waals surface area contributed by atoms with E-state index in [1.54, 1.807) is 0 Å². The van der Waals surface area contributed by atoms with Gasteiger partial charge in [0.2, 0.25) is 15.9 Å². The first-order chi connectivity index (χ1) is 15.6. The maximum Gasteiger partial charge on any atom is 0.262 e. The van der Waals surface area contributed by atoms with Gasteiger partial charge in [-0.1, -0.05) is 29.5 Å². The Balaban J connectivity index is 1.56. The Bertz CT molecular complexity index is 1520. The highest BCUT2D eigenvalue weighted by Crippen LogP contribution is 2.20. The van der Waals surface area contributed by atoms with Gasteiger partial charge < -0.3 is 10.3 Å². The van der Waals surface area contributed by atoms with Crippen molar-refractivity contribution in [3.63, 3.8) is 0 Å². The Labute approximate surface area is 193 Å². The molecule has 1 amide bonds. The Hall–Kier alpha value is -3.48. The highest BCUT2D eigenvalue weighted by Gasteiger charge is 2.14. The summed E-state index contributed by atoms with van der Waals surface area (Å²) in [6, 6.07) is 11.5. The van der Waals surface area contributed by atoms with Gasteiger partial charge in [0, 0.05) is 5.69 Å². The largest absolute Gasteiger partial charge is 0.325 e. The molecule has 4 rings (SSSR count). The molecule has 0 radical (unpaired) electrons. The Kier molecular flexibility index (Phi) is 6.06. The molecule has 2 aromatic carbocycles. The van der Waals surface area contributed by atoms with E-state index >= 15 is 0 Å². The third-order valence-corrected chi connectivity index (χ3v) is 6.62. The number of hydrogen-bond acceptors (Lipinski definition) is 7. The van der Waals surface area contributed by atoms with Gasteiger partial charge in [0.1, 0.15) is 5.39 Å². The number of nitrogens with zero attached hydrogens (tertiary/aromatic N) is 3. The van der Waals surface area contributed by atoms with Crippen LogP contribution in [0.15, 0.2) is 63.5 Å². The van der Waals surface area contributed by atoms with E-state index in [1.165, 1.54) is 35.1 Å². The molecule has 2 heterocycles. The number of sulfonamides is 1. The van der Waals surface area contributed by atoms with E-state index in [1.807, 2.05) is 32.0 Å². The van der Waals surface area contributed by atoms with E-state index in [2.05, 4.69) is 20.4 Å². The summed E-state index contributed by atoms with van der Waals surface area (Å²) in [7, 11) is -3.83. The standard InChI is InChI=1S/C21H20N6O4S2/c1-12-3-8-17(13(2)9-12)24-18(28)11-32-21-25-19-16(20(29)26-21)10-23-27(19)14-4-6-15(7-5-14)33(22,30)31/h3-10H,11H2,1-2H3,(H,24,28)(H2,22,30,31)(H,25,26,29). The van der Waals surface area contributed by atoms with E-state index < -0.39 is 15.6 Å². The van der Waals surface area contributed by atoms with Crippen molar-refractivity contribution in [1.29, 1.82) is 0 Å². The molecule has 0 aliphatic heterocycles. The van der Waals surface area contributed by atoms with Crippen LogP contribution in [-0.4, -0.2) is 39.8 Å². The van der Waals surface area contributed by atoms with Crippen molar-refractivity contribution in [2.75, 3.05) is 11.1 Å². The number of nitrogens with two attached hydrogens (primary N) is 1. The average molecular weight is 485 g/mol. The quantitative estimate of drug-likeness (QED) is 0.280. The van der Waals surface area contributed by atoms with Gasteiger partial charge in [0.15, 0.2) is 10.8 Å². The second kappa shape index (κ2) is 8.81. The maximum atomic E-state index is 12.5. The zero-order valence-electron chi connectivity index (χ0n) is 17.7. The number of benzene rings is 2. The first kappa shape index (κ1) is 22.7. The van der Waals surface area contributed by atoms with E-state index in [4.69, 9.17) is 5.14 Å². The molecule has 0 saturated heterocycles. The maximum absolute atomic E-state index is 12.5. The van der Waals surface area contributed by atoms with Crippen molar-refractivity contribution >= 4 is 44.4 Å². The fourth-order valence-corrected chi connectivity index (χ4v) is 4.38. The fourth-order valence-electron chi connectivity index (χ4n) is 3.21. The number of aryl methyl sites for hydroxylation is 2. The molecular formula is C21H20N6O4S2. The van der Waals surface area contributed by atoms with Gasteiger partial charge in [0.05, 0.1) is 22.5 Å². The normalized spacial score (nSPS) is 11.6. The lowest BCUT2D eigenvalue weighted by molar-refractivity contribution is -0.113. The molecule has 0 aliphatic carbocycles. The number of thioether (sulfide) groups is 1. The lowest BCUT2D eigenvalue weighted by Gasteiger charge is -2.09. The number of amides is 1. The molecule has 12 heteroatoms. The van der Waals surface area contributed by atoms with E-state index in [0.717, 1.165) is 28.6 Å². The lowest BCUT2D eigenvalue weighted by atomic mass is 10.1. The smallest absolute Gasteiger partial charge is 0.262 e. The number of carbonyl (C=O) groups is 1. The first-order valence-electron chi connectivity index (χ1n) is 9.73. The molecule has 0 saturated carbocycles. The molecule has 10 nitrogen and oxygen atoms in total. The Morgan fingerprint density at radius 2 is 1.91 bits per heavy atom.